The first-order valence-electron chi connectivity index (χ1n) is 21.5. The fraction of sp³-hybridized carbons (Fsp3) is 0.0714. The molecule has 0 saturated carbocycles. The zero-order valence-corrected chi connectivity index (χ0v) is 33.5. The summed E-state index contributed by atoms with van der Waals surface area (Å²) in [6.45, 7) is 4.83. The van der Waals surface area contributed by atoms with Crippen LogP contribution in [0.15, 0.2) is 176 Å². The molecule has 16 rings (SSSR count). The molecule has 4 aromatic heterocycles. The average Bonchev–Trinajstić information content (AvgIpc) is 3.93. The molecule has 7 aromatic carbocycles. The van der Waals surface area contributed by atoms with Gasteiger partial charge in [-0.15, -0.1) is 0 Å². The molecule has 0 saturated heterocycles. The molecule has 1 spiro atoms. The third-order valence-corrected chi connectivity index (χ3v) is 15.1. The number of hydrogen-bond acceptors (Lipinski definition) is 1. The fourth-order valence-corrected chi connectivity index (χ4v) is 12.7. The van der Waals surface area contributed by atoms with Crippen LogP contribution in [0.5, 0.6) is 0 Å². The Morgan fingerprint density at radius 3 is 1.82 bits per heavy atom. The Bertz CT molecular complexity index is 3900. The zero-order valence-electron chi connectivity index (χ0n) is 33.5. The van der Waals surface area contributed by atoms with E-state index in [4.69, 9.17) is 0 Å². The van der Waals surface area contributed by atoms with Crippen LogP contribution >= 0.6 is 0 Å². The van der Waals surface area contributed by atoms with Gasteiger partial charge < -0.3 is 4.57 Å². The van der Waals surface area contributed by atoms with Crippen molar-refractivity contribution >= 4 is 60.8 Å². The molecule has 11 aromatic rings. The Labute approximate surface area is 350 Å². The molecule has 0 fully saturated rings. The van der Waals surface area contributed by atoms with Gasteiger partial charge in [0.1, 0.15) is 28.0 Å². The second kappa shape index (κ2) is 9.98. The van der Waals surface area contributed by atoms with Gasteiger partial charge in [-0.05, 0) is 82.9 Å². The molecule has 1 atom stereocenters. The van der Waals surface area contributed by atoms with Crippen LogP contribution in [0, 0.1) is 0 Å². The first-order chi connectivity index (χ1) is 30.0. The molecule has 0 N–H and O–H groups in total. The van der Waals surface area contributed by atoms with Crippen molar-refractivity contribution in [2.45, 2.75) is 24.9 Å². The number of anilines is 3. The summed E-state index contributed by atoms with van der Waals surface area (Å²) in [4.78, 5) is 2.61. The lowest BCUT2D eigenvalue weighted by molar-refractivity contribution is -0.931. The van der Waals surface area contributed by atoms with Crippen molar-refractivity contribution in [2.75, 3.05) is 4.90 Å². The second-order valence-corrected chi connectivity index (χ2v) is 18.1. The maximum Gasteiger partial charge on any atom is 0.319 e. The molecule has 9 heterocycles. The third kappa shape index (κ3) is 3.22. The molecule has 5 heteroatoms. The lowest BCUT2D eigenvalue weighted by Crippen LogP contribution is -2.76. The monoisotopic (exact) mass is 777 g/mol. The zero-order chi connectivity index (χ0) is 39.7. The molecule has 282 valence electrons. The largest absolute Gasteiger partial charge is 0.319 e. The van der Waals surface area contributed by atoms with Crippen molar-refractivity contribution in [1.82, 2.24) is 9.13 Å². The number of rotatable bonds is 2. The smallest absolute Gasteiger partial charge is 0.308 e. The van der Waals surface area contributed by atoms with E-state index in [0.717, 1.165) is 0 Å². The average molecular weight is 778 g/mol. The lowest BCUT2D eigenvalue weighted by atomic mass is 9.72. The second-order valence-electron chi connectivity index (χ2n) is 18.1. The summed E-state index contributed by atoms with van der Waals surface area (Å²) in [5.74, 6) is 2.44. The van der Waals surface area contributed by atoms with E-state index in [1.807, 2.05) is 0 Å². The lowest BCUT2D eigenvalue weighted by Gasteiger charge is -2.45. The van der Waals surface area contributed by atoms with E-state index < -0.39 is 5.66 Å². The Balaban J connectivity index is 1.15. The van der Waals surface area contributed by atoms with Gasteiger partial charge in [0, 0.05) is 38.6 Å². The van der Waals surface area contributed by atoms with Gasteiger partial charge in [-0.1, -0.05) is 123 Å². The minimum Gasteiger partial charge on any atom is -0.308 e. The highest BCUT2D eigenvalue weighted by Gasteiger charge is 2.70. The number of fused-ring (bicyclic) bond motifs is 12. The number of nitrogens with zero attached hydrogens (tertiary/aromatic N) is 5. The van der Waals surface area contributed by atoms with Gasteiger partial charge in [0.2, 0.25) is 0 Å². The van der Waals surface area contributed by atoms with E-state index in [1.165, 1.54) is 128 Å². The third-order valence-electron chi connectivity index (χ3n) is 15.1. The van der Waals surface area contributed by atoms with Gasteiger partial charge in [0.25, 0.3) is 11.6 Å². The summed E-state index contributed by atoms with van der Waals surface area (Å²) < 4.78 is 10.7. The van der Waals surface area contributed by atoms with Crippen LogP contribution < -0.4 is 14.0 Å². The van der Waals surface area contributed by atoms with Crippen molar-refractivity contribution in [3.05, 3.63) is 198 Å². The van der Waals surface area contributed by atoms with Crippen LogP contribution in [0.4, 0.5) is 17.2 Å². The van der Waals surface area contributed by atoms with Crippen molar-refractivity contribution in [2.24, 2.45) is 0 Å². The first kappa shape index (κ1) is 31.2. The molecule has 5 aliphatic rings. The molecule has 0 aliphatic carbocycles. The minimum atomic E-state index is -0.710. The quantitative estimate of drug-likeness (QED) is 0.160. The Morgan fingerprint density at radius 2 is 1.03 bits per heavy atom. The Hall–Kier alpha value is -7.76. The van der Waals surface area contributed by atoms with Gasteiger partial charge in [-0.3, -0.25) is 0 Å². The van der Waals surface area contributed by atoms with Gasteiger partial charge in [0.15, 0.2) is 16.9 Å². The first-order valence-corrected chi connectivity index (χ1v) is 21.5. The van der Waals surface area contributed by atoms with Gasteiger partial charge in [0.05, 0.1) is 22.3 Å². The number of aromatic nitrogens is 4. The predicted molar refractivity (Wildman–Crippen MR) is 244 cm³/mol. The van der Waals surface area contributed by atoms with Crippen LogP contribution in [0.25, 0.3) is 88.8 Å². The van der Waals surface area contributed by atoms with Crippen LogP contribution in [-0.2, 0) is 11.1 Å². The van der Waals surface area contributed by atoms with E-state index in [-0.39, 0.29) is 5.41 Å². The van der Waals surface area contributed by atoms with Crippen molar-refractivity contribution in [3.63, 3.8) is 0 Å². The summed E-state index contributed by atoms with van der Waals surface area (Å²) >= 11 is 0. The standard InChI is InChI=1S/C56H35N5/c1-55(2)40-17-8-11-20-44(40)58-47-22-12-21-46-50(47)56-51-52-38(36-15-6-9-18-42(36)57(46)52)31-39-37-16-7-10-19-43(37)59(53(39)51)49-30-35(34-25-23-33(24-26-34)32-13-4-3-5-14-32)29-48(60(49)56)45-28-27-41(55)54(58)61(45)56/h3-31H,1-2H3/q+2. The summed E-state index contributed by atoms with van der Waals surface area (Å²) in [6, 6.07) is 66.5. The van der Waals surface area contributed by atoms with Crippen molar-refractivity contribution in [1.29, 1.82) is 0 Å². The highest BCUT2D eigenvalue weighted by atomic mass is 15.5. The molecule has 5 nitrogen and oxygen atoms in total. The molecule has 61 heavy (non-hydrogen) atoms. The van der Waals surface area contributed by atoms with Gasteiger partial charge >= 0.3 is 5.66 Å². The Kier molecular flexibility index (Phi) is 5.10. The van der Waals surface area contributed by atoms with E-state index in [2.05, 4.69) is 213 Å². The van der Waals surface area contributed by atoms with Gasteiger partial charge in [-0.2, -0.15) is 18.6 Å². The molecule has 5 aliphatic heterocycles. The predicted octanol–water partition coefficient (Wildman–Crippen LogP) is 12.1. The summed E-state index contributed by atoms with van der Waals surface area (Å²) in [7, 11) is 0. The SMILES string of the molecule is CC1(C)c2ccccc2N2c3cccc4c3C35c6c7c(cc8c9ccccc9n(c68)-c6cc(-c8ccc(-c9ccccc9)cc8)cc([n+]63)-c3ccc1c2[n+]35)c1ccccc1n7-4. The normalized spacial score (nSPS) is 17.2. The van der Waals surface area contributed by atoms with Crippen LogP contribution in [0.3, 0.4) is 0 Å². The van der Waals surface area contributed by atoms with E-state index in [9.17, 15) is 0 Å². The van der Waals surface area contributed by atoms with E-state index in [1.54, 1.807) is 0 Å². The summed E-state index contributed by atoms with van der Waals surface area (Å²) in [5.41, 5.74) is 20.5. The maximum absolute atomic E-state index is 2.78. The molecular formula is C56H35N5+2. The van der Waals surface area contributed by atoms with E-state index >= 15 is 0 Å². The highest BCUT2D eigenvalue weighted by Crippen LogP contribution is 2.62. The highest BCUT2D eigenvalue weighted by molar-refractivity contribution is 6.22. The van der Waals surface area contributed by atoms with E-state index in [0.29, 0.717) is 0 Å². The number of para-hydroxylation sites is 3. The van der Waals surface area contributed by atoms with Crippen LogP contribution in [0.2, 0.25) is 0 Å². The van der Waals surface area contributed by atoms with Crippen molar-refractivity contribution in [3.8, 4) is 45.1 Å². The molecule has 0 bridgehead atoms. The van der Waals surface area contributed by atoms with Crippen molar-refractivity contribution < 1.29 is 9.13 Å². The van der Waals surface area contributed by atoms with Crippen LogP contribution in [-0.4, -0.2) is 9.13 Å². The summed E-state index contributed by atoms with van der Waals surface area (Å²) in [6.07, 6.45) is 0. The fourth-order valence-electron chi connectivity index (χ4n) is 12.7. The number of hydrogen-bond donors (Lipinski definition) is 0. The summed E-state index contributed by atoms with van der Waals surface area (Å²) in [5, 5.41) is 5.17. The minimum absolute atomic E-state index is 0.237. The molecular weight excluding hydrogens is 743 g/mol. The van der Waals surface area contributed by atoms with Gasteiger partial charge in [-0.25, -0.2) is 0 Å². The molecule has 0 amide bonds. The topological polar surface area (TPSA) is 20.9 Å². The van der Waals surface area contributed by atoms with Crippen LogP contribution in [0.1, 0.15) is 36.1 Å². The number of benzene rings is 7. The Morgan fingerprint density at radius 1 is 0.410 bits per heavy atom. The maximum atomic E-state index is 2.78. The molecule has 0 radical (unpaired) electrons. The number of pyridine rings is 2. The molecule has 1 unspecified atom stereocenters.